The Morgan fingerprint density at radius 1 is 1.42 bits per heavy atom. The van der Waals surface area contributed by atoms with Crippen molar-refractivity contribution in [1.82, 2.24) is 13.9 Å². The molecule has 0 amide bonds. The second kappa shape index (κ2) is 7.15. The number of carbonyl (C=O) groups is 1. The minimum Gasteiger partial charge on any atom is -0.481 e. The summed E-state index contributed by atoms with van der Waals surface area (Å²) in [5.41, 5.74) is 5.41. The van der Waals surface area contributed by atoms with Crippen LogP contribution in [0, 0.1) is 0 Å². The standard InChI is InChI=1S/C10H22N4O4S/c1-2-14(9-7-12-8-9)19(17,18)13(6-4-11)5-3-10(15)16/h9,12H,2-8,11H2,1H3,(H,15,16). The van der Waals surface area contributed by atoms with E-state index in [4.69, 9.17) is 10.8 Å². The minimum absolute atomic E-state index is 0.0501. The topological polar surface area (TPSA) is 116 Å². The Bertz CT molecular complexity index is 396. The van der Waals surface area contributed by atoms with Crippen LogP contribution in [0.4, 0.5) is 0 Å². The highest BCUT2D eigenvalue weighted by Crippen LogP contribution is 2.15. The maximum atomic E-state index is 12.5. The van der Waals surface area contributed by atoms with Gasteiger partial charge in [-0.15, -0.1) is 0 Å². The molecule has 8 nitrogen and oxygen atoms in total. The zero-order chi connectivity index (χ0) is 14.5. The fourth-order valence-electron chi connectivity index (χ4n) is 1.94. The molecule has 0 radical (unpaired) electrons. The van der Waals surface area contributed by atoms with Gasteiger partial charge in [-0.1, -0.05) is 6.92 Å². The molecule has 1 aliphatic heterocycles. The number of nitrogens with two attached hydrogens (primary N) is 1. The molecule has 0 aromatic heterocycles. The molecule has 0 unspecified atom stereocenters. The van der Waals surface area contributed by atoms with Gasteiger partial charge in [-0.3, -0.25) is 4.79 Å². The monoisotopic (exact) mass is 294 g/mol. The van der Waals surface area contributed by atoms with Crippen LogP contribution in [0.15, 0.2) is 0 Å². The maximum absolute atomic E-state index is 12.5. The third-order valence-electron chi connectivity index (χ3n) is 3.06. The van der Waals surface area contributed by atoms with Gasteiger partial charge >= 0.3 is 5.97 Å². The van der Waals surface area contributed by atoms with Gasteiger partial charge in [0.15, 0.2) is 0 Å². The van der Waals surface area contributed by atoms with Crippen molar-refractivity contribution in [2.45, 2.75) is 19.4 Å². The van der Waals surface area contributed by atoms with E-state index in [1.165, 1.54) is 4.31 Å². The predicted molar refractivity (Wildman–Crippen MR) is 70.8 cm³/mol. The summed E-state index contributed by atoms with van der Waals surface area (Å²) >= 11 is 0. The Morgan fingerprint density at radius 3 is 2.42 bits per heavy atom. The average Bonchev–Trinajstić information content (AvgIpc) is 2.27. The van der Waals surface area contributed by atoms with Crippen LogP contribution in [0.2, 0.25) is 0 Å². The molecule has 1 fully saturated rings. The molecule has 9 heteroatoms. The summed E-state index contributed by atoms with van der Waals surface area (Å²) in [5.74, 6) is -1.02. The van der Waals surface area contributed by atoms with Crippen LogP contribution < -0.4 is 11.1 Å². The van der Waals surface area contributed by atoms with E-state index in [9.17, 15) is 13.2 Å². The van der Waals surface area contributed by atoms with Crippen molar-refractivity contribution in [2.24, 2.45) is 5.73 Å². The van der Waals surface area contributed by atoms with E-state index < -0.39 is 16.2 Å². The smallest absolute Gasteiger partial charge is 0.304 e. The highest BCUT2D eigenvalue weighted by molar-refractivity contribution is 7.86. The molecule has 112 valence electrons. The van der Waals surface area contributed by atoms with Crippen LogP contribution in [0.25, 0.3) is 0 Å². The lowest BCUT2D eigenvalue weighted by atomic mass is 10.2. The van der Waals surface area contributed by atoms with Gasteiger partial charge < -0.3 is 16.2 Å². The lowest BCUT2D eigenvalue weighted by Gasteiger charge is -2.39. The molecule has 0 aromatic rings. The molecule has 0 aromatic carbocycles. The van der Waals surface area contributed by atoms with Gasteiger partial charge in [-0.25, -0.2) is 0 Å². The molecule has 1 aliphatic rings. The fraction of sp³-hybridized carbons (Fsp3) is 0.900. The van der Waals surface area contributed by atoms with Gasteiger partial charge in [0.2, 0.25) is 0 Å². The van der Waals surface area contributed by atoms with Gasteiger partial charge in [0.25, 0.3) is 10.2 Å². The number of likely N-dealkylation sites (N-methyl/N-ethyl adjacent to an activating group) is 1. The molecule has 0 saturated carbocycles. The van der Waals surface area contributed by atoms with E-state index in [2.05, 4.69) is 5.32 Å². The number of carboxylic acid groups (broad SMARTS) is 1. The van der Waals surface area contributed by atoms with E-state index >= 15 is 0 Å². The number of rotatable bonds is 9. The Kier molecular flexibility index (Phi) is 6.14. The second-order valence-electron chi connectivity index (χ2n) is 4.35. The molecular weight excluding hydrogens is 272 g/mol. The highest BCUT2D eigenvalue weighted by atomic mass is 32.2. The lowest BCUT2D eigenvalue weighted by Crippen LogP contribution is -2.61. The Balaban J connectivity index is 2.80. The number of nitrogens with zero attached hydrogens (tertiary/aromatic N) is 2. The lowest BCUT2D eigenvalue weighted by molar-refractivity contribution is -0.137. The van der Waals surface area contributed by atoms with Gasteiger partial charge in [0, 0.05) is 39.3 Å². The predicted octanol–water partition coefficient (Wildman–Crippen LogP) is -1.74. The summed E-state index contributed by atoms with van der Waals surface area (Å²) < 4.78 is 27.5. The molecule has 19 heavy (non-hydrogen) atoms. The third-order valence-corrected chi connectivity index (χ3v) is 5.22. The molecule has 0 atom stereocenters. The maximum Gasteiger partial charge on any atom is 0.304 e. The molecular formula is C10H22N4O4S. The highest BCUT2D eigenvalue weighted by Gasteiger charge is 2.36. The quantitative estimate of drug-likeness (QED) is 0.465. The number of aliphatic carboxylic acids is 1. The third kappa shape index (κ3) is 4.11. The molecule has 0 spiro atoms. The molecule has 4 N–H and O–H groups in total. The Morgan fingerprint density at radius 2 is 2.05 bits per heavy atom. The molecule has 1 heterocycles. The van der Waals surface area contributed by atoms with Crippen molar-refractivity contribution < 1.29 is 18.3 Å². The van der Waals surface area contributed by atoms with Crippen LogP contribution >= 0.6 is 0 Å². The van der Waals surface area contributed by atoms with E-state index in [1.54, 1.807) is 6.92 Å². The van der Waals surface area contributed by atoms with E-state index in [1.807, 2.05) is 0 Å². The van der Waals surface area contributed by atoms with E-state index in [0.29, 0.717) is 19.6 Å². The van der Waals surface area contributed by atoms with Crippen molar-refractivity contribution in [3.8, 4) is 0 Å². The summed E-state index contributed by atoms with van der Waals surface area (Å²) in [6.45, 7) is 3.64. The first-order chi connectivity index (χ1) is 8.93. The van der Waals surface area contributed by atoms with Gasteiger partial charge in [0.05, 0.1) is 12.5 Å². The number of hydrogen-bond acceptors (Lipinski definition) is 5. The average molecular weight is 294 g/mol. The number of nitrogens with one attached hydrogen (secondary N) is 1. The van der Waals surface area contributed by atoms with E-state index in [-0.39, 0.29) is 32.1 Å². The van der Waals surface area contributed by atoms with Crippen LogP contribution in [0.5, 0.6) is 0 Å². The molecule has 1 saturated heterocycles. The summed E-state index contributed by atoms with van der Waals surface area (Å²) in [5, 5.41) is 11.7. The van der Waals surface area contributed by atoms with Gasteiger partial charge in [-0.05, 0) is 0 Å². The van der Waals surface area contributed by atoms with Crippen molar-refractivity contribution in [2.75, 3.05) is 39.3 Å². The largest absolute Gasteiger partial charge is 0.481 e. The summed E-state index contributed by atoms with van der Waals surface area (Å²) in [4.78, 5) is 10.6. The van der Waals surface area contributed by atoms with Crippen molar-refractivity contribution in [3.63, 3.8) is 0 Å². The van der Waals surface area contributed by atoms with Crippen LogP contribution in [0.3, 0.4) is 0 Å². The second-order valence-corrected chi connectivity index (χ2v) is 6.24. The summed E-state index contributed by atoms with van der Waals surface area (Å²) in [6, 6.07) is -0.0555. The zero-order valence-electron chi connectivity index (χ0n) is 11.1. The van der Waals surface area contributed by atoms with Crippen LogP contribution in [0.1, 0.15) is 13.3 Å². The van der Waals surface area contributed by atoms with Crippen molar-refractivity contribution >= 4 is 16.2 Å². The Hall–Kier alpha value is -0.740. The first-order valence-corrected chi connectivity index (χ1v) is 7.72. The van der Waals surface area contributed by atoms with Crippen LogP contribution in [-0.2, 0) is 15.0 Å². The van der Waals surface area contributed by atoms with Crippen molar-refractivity contribution in [1.29, 1.82) is 0 Å². The fourth-order valence-corrected chi connectivity index (χ4v) is 3.75. The number of hydrogen-bond donors (Lipinski definition) is 3. The first kappa shape index (κ1) is 16.3. The molecule has 0 bridgehead atoms. The minimum atomic E-state index is -3.65. The van der Waals surface area contributed by atoms with Crippen LogP contribution in [-0.4, -0.2) is 73.4 Å². The van der Waals surface area contributed by atoms with Crippen molar-refractivity contribution in [3.05, 3.63) is 0 Å². The SMILES string of the molecule is CCN(C1CNC1)S(=O)(=O)N(CCN)CCC(=O)O. The van der Waals surface area contributed by atoms with Gasteiger partial charge in [-0.2, -0.15) is 17.0 Å². The first-order valence-electron chi connectivity index (χ1n) is 6.33. The Labute approximate surface area is 113 Å². The number of carboxylic acids is 1. The van der Waals surface area contributed by atoms with E-state index in [0.717, 1.165) is 4.31 Å². The molecule has 1 rings (SSSR count). The van der Waals surface area contributed by atoms with Gasteiger partial charge in [0.1, 0.15) is 0 Å². The summed E-state index contributed by atoms with van der Waals surface area (Å²) in [6.07, 6.45) is -0.223. The summed E-state index contributed by atoms with van der Waals surface area (Å²) in [7, 11) is -3.65. The molecule has 0 aliphatic carbocycles. The zero-order valence-corrected chi connectivity index (χ0v) is 11.9. The normalized spacial score (nSPS) is 16.8.